The summed E-state index contributed by atoms with van der Waals surface area (Å²) in [5, 5.41) is 3.22. The molecule has 1 fully saturated rings. The van der Waals surface area contributed by atoms with Crippen molar-refractivity contribution in [3.8, 4) is 5.75 Å². The molecule has 0 unspecified atom stereocenters. The standard InChI is InChI=1S/C28H38N2O3/c1-4-22-15-17-25(18-16-22)33-20-27(31)30(19-23-12-10-9-11-21(23)3)26(5-2)28(32)29-24-13-7-6-8-14-24/h9-12,15-18,24,26H,4-8,13-14,19-20H2,1-3H3,(H,29,32)/t26-/m0/s1. The fourth-order valence-corrected chi connectivity index (χ4v) is 4.48. The van der Waals surface area contributed by atoms with Crippen LogP contribution in [0.5, 0.6) is 5.75 Å². The van der Waals surface area contributed by atoms with E-state index in [1.807, 2.05) is 62.4 Å². The number of hydrogen-bond donors (Lipinski definition) is 1. The molecule has 0 saturated heterocycles. The van der Waals surface area contributed by atoms with Crippen LogP contribution in [0.15, 0.2) is 48.5 Å². The van der Waals surface area contributed by atoms with Crippen LogP contribution in [-0.2, 0) is 22.6 Å². The van der Waals surface area contributed by atoms with Crippen molar-refractivity contribution in [1.29, 1.82) is 0 Å². The summed E-state index contributed by atoms with van der Waals surface area (Å²) in [5.41, 5.74) is 3.37. The zero-order valence-electron chi connectivity index (χ0n) is 20.3. The summed E-state index contributed by atoms with van der Waals surface area (Å²) in [6.07, 6.45) is 7.09. The second-order valence-electron chi connectivity index (χ2n) is 9.00. The summed E-state index contributed by atoms with van der Waals surface area (Å²) < 4.78 is 5.82. The molecule has 1 N–H and O–H groups in total. The smallest absolute Gasteiger partial charge is 0.261 e. The molecular weight excluding hydrogens is 412 g/mol. The van der Waals surface area contributed by atoms with Gasteiger partial charge in [-0.1, -0.05) is 69.5 Å². The monoisotopic (exact) mass is 450 g/mol. The van der Waals surface area contributed by atoms with Gasteiger partial charge in [0.05, 0.1) is 0 Å². The number of carbonyl (C=O) groups excluding carboxylic acids is 2. The van der Waals surface area contributed by atoms with Crippen molar-refractivity contribution >= 4 is 11.8 Å². The van der Waals surface area contributed by atoms with E-state index in [0.29, 0.717) is 18.7 Å². The molecule has 5 nitrogen and oxygen atoms in total. The van der Waals surface area contributed by atoms with Crippen molar-refractivity contribution in [3.63, 3.8) is 0 Å². The molecule has 0 aliphatic heterocycles. The predicted molar refractivity (Wildman–Crippen MR) is 132 cm³/mol. The topological polar surface area (TPSA) is 58.6 Å². The Balaban J connectivity index is 1.74. The molecule has 0 aromatic heterocycles. The first-order chi connectivity index (χ1) is 16.0. The molecule has 3 rings (SSSR count). The second-order valence-corrected chi connectivity index (χ2v) is 9.00. The van der Waals surface area contributed by atoms with E-state index in [4.69, 9.17) is 4.74 Å². The van der Waals surface area contributed by atoms with Gasteiger partial charge >= 0.3 is 0 Å². The van der Waals surface area contributed by atoms with E-state index in [0.717, 1.165) is 43.2 Å². The summed E-state index contributed by atoms with van der Waals surface area (Å²) in [7, 11) is 0. The van der Waals surface area contributed by atoms with Gasteiger partial charge in [0.1, 0.15) is 11.8 Å². The Morgan fingerprint density at radius 1 is 1.03 bits per heavy atom. The number of carbonyl (C=O) groups is 2. The van der Waals surface area contributed by atoms with E-state index in [1.54, 1.807) is 4.90 Å². The van der Waals surface area contributed by atoms with Gasteiger partial charge < -0.3 is 15.0 Å². The Bertz CT molecular complexity index is 904. The van der Waals surface area contributed by atoms with Crippen LogP contribution >= 0.6 is 0 Å². The normalized spacial score (nSPS) is 15.0. The average molecular weight is 451 g/mol. The maximum Gasteiger partial charge on any atom is 0.261 e. The maximum atomic E-state index is 13.4. The van der Waals surface area contributed by atoms with Gasteiger partial charge in [-0.05, 0) is 61.4 Å². The minimum atomic E-state index is -0.523. The lowest BCUT2D eigenvalue weighted by atomic mass is 9.95. The first-order valence-electron chi connectivity index (χ1n) is 12.4. The van der Waals surface area contributed by atoms with Crippen LogP contribution < -0.4 is 10.1 Å². The zero-order chi connectivity index (χ0) is 23.6. The largest absolute Gasteiger partial charge is 0.484 e. The number of ether oxygens (including phenoxy) is 1. The molecule has 0 spiro atoms. The van der Waals surface area contributed by atoms with Crippen LogP contribution in [0.2, 0.25) is 0 Å². The third-order valence-electron chi connectivity index (χ3n) is 6.63. The van der Waals surface area contributed by atoms with Crippen molar-refractivity contribution in [2.75, 3.05) is 6.61 Å². The number of aryl methyl sites for hydroxylation is 2. The number of nitrogens with zero attached hydrogens (tertiary/aromatic N) is 1. The van der Waals surface area contributed by atoms with Crippen molar-refractivity contribution in [1.82, 2.24) is 10.2 Å². The Hall–Kier alpha value is -2.82. The van der Waals surface area contributed by atoms with Gasteiger partial charge in [0.15, 0.2) is 6.61 Å². The molecule has 2 aromatic carbocycles. The molecule has 0 heterocycles. The molecule has 5 heteroatoms. The molecule has 0 radical (unpaired) electrons. The van der Waals surface area contributed by atoms with E-state index in [2.05, 4.69) is 12.2 Å². The van der Waals surface area contributed by atoms with E-state index in [9.17, 15) is 9.59 Å². The van der Waals surface area contributed by atoms with Crippen molar-refractivity contribution in [2.45, 2.75) is 84.3 Å². The van der Waals surface area contributed by atoms with Crippen molar-refractivity contribution in [2.24, 2.45) is 0 Å². The van der Waals surface area contributed by atoms with E-state index < -0.39 is 6.04 Å². The first-order valence-corrected chi connectivity index (χ1v) is 12.4. The van der Waals surface area contributed by atoms with Crippen LogP contribution in [0, 0.1) is 6.92 Å². The van der Waals surface area contributed by atoms with Crippen LogP contribution in [0.3, 0.4) is 0 Å². The molecule has 1 aliphatic carbocycles. The van der Waals surface area contributed by atoms with Gasteiger partial charge in [-0.2, -0.15) is 0 Å². The number of hydrogen-bond acceptors (Lipinski definition) is 3. The van der Waals surface area contributed by atoms with E-state index in [-0.39, 0.29) is 24.5 Å². The summed E-state index contributed by atoms with van der Waals surface area (Å²) in [6, 6.07) is 15.5. The first kappa shape index (κ1) is 24.8. The molecule has 1 saturated carbocycles. The minimum absolute atomic E-state index is 0.0568. The molecule has 2 aromatic rings. The van der Waals surface area contributed by atoms with Crippen LogP contribution in [-0.4, -0.2) is 35.4 Å². The van der Waals surface area contributed by atoms with E-state index in [1.165, 1.54) is 12.0 Å². The number of nitrogens with one attached hydrogen (secondary N) is 1. The molecule has 33 heavy (non-hydrogen) atoms. The molecule has 178 valence electrons. The number of benzene rings is 2. The molecule has 0 bridgehead atoms. The van der Waals surface area contributed by atoms with Crippen LogP contribution in [0.25, 0.3) is 0 Å². The summed E-state index contributed by atoms with van der Waals surface area (Å²) in [4.78, 5) is 28.3. The molecule has 2 amide bonds. The highest BCUT2D eigenvalue weighted by molar-refractivity contribution is 5.88. The minimum Gasteiger partial charge on any atom is -0.484 e. The Labute approximate surface area is 198 Å². The third-order valence-corrected chi connectivity index (χ3v) is 6.63. The zero-order valence-corrected chi connectivity index (χ0v) is 20.3. The van der Waals surface area contributed by atoms with Gasteiger partial charge in [-0.3, -0.25) is 9.59 Å². The molecule has 1 aliphatic rings. The van der Waals surface area contributed by atoms with Crippen LogP contribution in [0.4, 0.5) is 0 Å². The van der Waals surface area contributed by atoms with Gasteiger partial charge in [-0.25, -0.2) is 0 Å². The lowest BCUT2D eigenvalue weighted by Gasteiger charge is -2.33. The third kappa shape index (κ3) is 7.08. The highest BCUT2D eigenvalue weighted by Gasteiger charge is 2.30. The van der Waals surface area contributed by atoms with Crippen molar-refractivity contribution < 1.29 is 14.3 Å². The lowest BCUT2D eigenvalue weighted by Crippen LogP contribution is -2.52. The van der Waals surface area contributed by atoms with Gasteiger partial charge in [0, 0.05) is 12.6 Å². The Morgan fingerprint density at radius 3 is 2.36 bits per heavy atom. The average Bonchev–Trinajstić information content (AvgIpc) is 2.84. The number of amides is 2. The Kier molecular flexibility index (Phi) is 9.35. The SMILES string of the molecule is CCc1ccc(OCC(=O)N(Cc2ccccc2C)[C@@H](CC)C(=O)NC2CCCCC2)cc1. The van der Waals surface area contributed by atoms with E-state index >= 15 is 0 Å². The molecule has 1 atom stereocenters. The van der Waals surface area contributed by atoms with Gasteiger partial charge in [0.2, 0.25) is 5.91 Å². The fourth-order valence-electron chi connectivity index (χ4n) is 4.48. The number of rotatable bonds is 10. The quantitative estimate of drug-likeness (QED) is 0.542. The second kappa shape index (κ2) is 12.4. The summed E-state index contributed by atoms with van der Waals surface area (Å²) in [6.45, 7) is 6.40. The van der Waals surface area contributed by atoms with Gasteiger partial charge in [-0.15, -0.1) is 0 Å². The highest BCUT2D eigenvalue weighted by atomic mass is 16.5. The predicted octanol–water partition coefficient (Wildman–Crippen LogP) is 5.19. The fraction of sp³-hybridized carbons (Fsp3) is 0.500. The summed E-state index contributed by atoms with van der Waals surface area (Å²) in [5.74, 6) is 0.429. The van der Waals surface area contributed by atoms with Crippen molar-refractivity contribution in [3.05, 3.63) is 65.2 Å². The molecular formula is C28H38N2O3. The highest BCUT2D eigenvalue weighted by Crippen LogP contribution is 2.20. The lowest BCUT2D eigenvalue weighted by molar-refractivity contribution is -0.143. The van der Waals surface area contributed by atoms with Crippen LogP contribution in [0.1, 0.15) is 69.1 Å². The van der Waals surface area contributed by atoms with Gasteiger partial charge in [0.25, 0.3) is 5.91 Å². The maximum absolute atomic E-state index is 13.4. The Morgan fingerprint density at radius 2 is 1.73 bits per heavy atom. The summed E-state index contributed by atoms with van der Waals surface area (Å²) >= 11 is 0.